The number of nitrogens with one attached hydrogen (secondary N) is 7. The summed E-state index contributed by atoms with van der Waals surface area (Å²) in [6.07, 6.45) is -18.5. The second-order valence-electron chi connectivity index (χ2n) is 20.6. The molecule has 510 valence electrons. The van der Waals surface area contributed by atoms with Crippen LogP contribution in [0.2, 0.25) is 0 Å². The van der Waals surface area contributed by atoms with Crippen molar-refractivity contribution in [3.8, 4) is 0 Å². The van der Waals surface area contributed by atoms with Crippen LogP contribution in [0.25, 0.3) is 0 Å². The van der Waals surface area contributed by atoms with Crippen LogP contribution in [0.5, 0.6) is 0 Å². The number of carbonyl (C=O) groups excluding carboxylic acids is 7. The predicted octanol–water partition coefficient (Wildman–Crippen LogP) is -6.61. The Hall–Kier alpha value is -8.01. The van der Waals surface area contributed by atoms with Gasteiger partial charge in [0.1, 0.15) is 41.3 Å². The quantitative estimate of drug-likeness (QED) is 0.0195. The minimum Gasteiger partial charge on any atom is -0.394 e. The van der Waals surface area contributed by atoms with E-state index >= 15 is 0 Å². The molecule has 0 unspecified atom stereocenters. The van der Waals surface area contributed by atoms with Gasteiger partial charge in [-0.05, 0) is 31.2 Å². The lowest BCUT2D eigenvalue weighted by Crippen LogP contribution is -2.58. The molecule has 3 aromatic rings. The number of carbonyl (C=O) groups is 7. The predicted molar refractivity (Wildman–Crippen MR) is 292 cm³/mol. The molecule has 0 spiro atoms. The van der Waals surface area contributed by atoms with E-state index in [4.69, 9.17) is 34.2 Å². The molecule has 0 bridgehead atoms. The Bertz CT molecular complexity index is 2960. The Morgan fingerprint density at radius 1 is 0.500 bits per heavy atom. The number of alkyl halides is 6. The highest BCUT2D eigenvalue weighted by molar-refractivity contribution is 5.95. The molecule has 6 rings (SSSR count). The van der Waals surface area contributed by atoms with Crippen molar-refractivity contribution in [2.75, 3.05) is 102 Å². The summed E-state index contributed by atoms with van der Waals surface area (Å²) in [6, 6.07) is 2.83. The summed E-state index contributed by atoms with van der Waals surface area (Å²) in [6.45, 7) is -7.91. The Kier molecular flexibility index (Phi) is 25.8. The molecule has 7 amide bonds. The number of ether oxygens (including phenoxy) is 6. The number of nitrogens with two attached hydrogens (primary N) is 1. The third-order valence-corrected chi connectivity index (χ3v) is 13.6. The second-order valence-corrected chi connectivity index (χ2v) is 20.6. The van der Waals surface area contributed by atoms with E-state index in [-0.39, 0.29) is 19.4 Å². The molecule has 0 aromatic carbocycles. The summed E-state index contributed by atoms with van der Waals surface area (Å²) in [5.41, 5.74) is -0.111. The van der Waals surface area contributed by atoms with E-state index in [1.54, 1.807) is 0 Å². The summed E-state index contributed by atoms with van der Waals surface area (Å²) in [7, 11) is 0. The SMILES string of the molecule is NCCCC(=O)NC(COCCC(=O)NCC(=O)Nc1ccn([C@@H]2O[C@H](CO)[C@@H](O)C2(F)F)c(=O)n1)(COCCC(=O)NCC(=O)Nc1ccn([C@@H]2O[C@H](CO)[C@@H](O)C2(F)F)c(=O)n1)COCCC(=O)NCC(=O)Nc1ccn([C@@H]2O[C@H](CO)[C@@H](O)C2(F)F)c(=O)n1. The highest BCUT2D eigenvalue weighted by Gasteiger charge is 2.61. The molecule has 42 heteroatoms. The van der Waals surface area contributed by atoms with Crippen LogP contribution in [-0.2, 0) is 62.0 Å². The van der Waals surface area contributed by atoms with Gasteiger partial charge in [-0.3, -0.25) is 47.3 Å². The van der Waals surface area contributed by atoms with E-state index in [0.717, 1.165) is 36.8 Å². The molecule has 9 atom stereocenters. The number of halogens is 6. The molecular weight excluding hydrogens is 1260 g/mol. The van der Waals surface area contributed by atoms with Gasteiger partial charge < -0.3 is 102 Å². The summed E-state index contributed by atoms with van der Waals surface area (Å²) < 4.78 is 121. The maximum absolute atomic E-state index is 14.6. The van der Waals surface area contributed by atoms with E-state index in [2.05, 4.69) is 52.2 Å². The number of aromatic nitrogens is 6. The first-order valence-electron chi connectivity index (χ1n) is 27.7. The largest absolute Gasteiger partial charge is 0.394 e. The molecule has 0 aliphatic carbocycles. The van der Waals surface area contributed by atoms with Crippen molar-refractivity contribution >= 4 is 58.8 Å². The third kappa shape index (κ3) is 18.8. The van der Waals surface area contributed by atoms with Crippen LogP contribution < -0.4 is 60.0 Å². The standard InChI is InChI=1S/C50H66F6N14O22/c51-48(52)38(81)25(19-71)90-41(48)68-10-3-28(64-44(68)84)61-35(78)16-58-31(74)6-13-87-22-47(67-34(77)2-1-9-57,23-88-14-7-32(75)59-17-36(79)62-29-4-11-69(45(85)65-29)42-49(53,54)39(82)26(20-72)91-42)24-89-15-8-33(76)60-18-37(80)63-30-5-12-70(46(86)66-30)43-50(55,56)40(83)27(21-73)92-43/h3-5,10-12,25-27,38-43,71-73,81-83H,1-2,6-9,13-24,57H2,(H,58,74)(H,59,75)(H,60,76)(H,67,77)(H,61,64,78,84)(H,62,65,79,85)(H,63,66,80,86)/t25-,26-,27-,38-,39-,40-,41-,42-,43-/m1/s1. The number of anilines is 3. The number of amides is 7. The van der Waals surface area contributed by atoms with Gasteiger partial charge in [0.25, 0.3) is 0 Å². The van der Waals surface area contributed by atoms with Crippen LogP contribution in [0.1, 0.15) is 50.8 Å². The number of nitrogens with zero attached hydrogens (tertiary/aromatic N) is 6. The smallest absolute Gasteiger partial charge is 0.351 e. The zero-order valence-electron chi connectivity index (χ0n) is 48.1. The van der Waals surface area contributed by atoms with Gasteiger partial charge in [-0.25, -0.2) is 14.4 Å². The first kappa shape index (κ1) is 73.0. The van der Waals surface area contributed by atoms with Gasteiger partial charge in [-0.2, -0.15) is 41.3 Å². The lowest BCUT2D eigenvalue weighted by molar-refractivity contribution is -0.141. The average Bonchev–Trinajstić information content (AvgIpc) is 1.62. The van der Waals surface area contributed by atoms with E-state index in [1.165, 1.54) is 0 Å². The number of hydrogen-bond acceptors (Lipinski definition) is 26. The molecule has 3 fully saturated rings. The van der Waals surface area contributed by atoms with Gasteiger partial charge in [-0.1, -0.05) is 0 Å². The number of rotatable bonds is 34. The van der Waals surface area contributed by atoms with Crippen LogP contribution in [-0.4, -0.2) is 246 Å². The first-order chi connectivity index (χ1) is 43.5. The zero-order valence-corrected chi connectivity index (χ0v) is 48.1. The van der Waals surface area contributed by atoms with Gasteiger partial charge >= 0.3 is 34.8 Å². The van der Waals surface area contributed by atoms with E-state index in [0.29, 0.717) is 13.7 Å². The highest BCUT2D eigenvalue weighted by Crippen LogP contribution is 2.44. The normalized spacial score (nSPS) is 22.9. The monoisotopic (exact) mass is 1330 g/mol. The molecule has 3 aromatic heterocycles. The fraction of sp³-hybridized carbons (Fsp3) is 0.620. The lowest BCUT2D eigenvalue weighted by atomic mass is 10.0. The van der Waals surface area contributed by atoms with Crippen molar-refractivity contribution in [2.24, 2.45) is 5.73 Å². The second kappa shape index (κ2) is 32.5. The number of hydrogen-bond donors (Lipinski definition) is 14. The molecule has 15 N–H and O–H groups in total. The van der Waals surface area contributed by atoms with Gasteiger partial charge in [0.15, 0.2) is 18.3 Å². The molecular formula is C50H66F6N14O22. The summed E-state index contributed by atoms with van der Waals surface area (Å²) in [4.78, 5) is 138. The van der Waals surface area contributed by atoms with Crippen molar-refractivity contribution in [3.63, 3.8) is 0 Å². The lowest BCUT2D eigenvalue weighted by Gasteiger charge is -2.34. The van der Waals surface area contributed by atoms with Crippen molar-refractivity contribution < 1.29 is 119 Å². The third-order valence-electron chi connectivity index (χ3n) is 13.6. The Labute approximate surface area is 513 Å². The summed E-state index contributed by atoms with van der Waals surface area (Å²) >= 11 is 0. The Balaban J connectivity index is 1.02. The van der Waals surface area contributed by atoms with Crippen molar-refractivity contribution in [3.05, 3.63) is 68.2 Å². The maximum Gasteiger partial charge on any atom is 0.351 e. The fourth-order valence-electron chi connectivity index (χ4n) is 8.85. The van der Waals surface area contributed by atoms with E-state index < -0.39 is 253 Å². The van der Waals surface area contributed by atoms with Gasteiger partial charge in [0.05, 0.1) is 79.1 Å². The van der Waals surface area contributed by atoms with Gasteiger partial charge in [0, 0.05) is 44.3 Å². The zero-order chi connectivity index (χ0) is 67.7. The molecule has 0 radical (unpaired) electrons. The molecule has 3 aliphatic heterocycles. The van der Waals surface area contributed by atoms with Crippen LogP contribution in [0.3, 0.4) is 0 Å². The van der Waals surface area contributed by atoms with Crippen molar-refractivity contribution in [1.29, 1.82) is 0 Å². The van der Waals surface area contributed by atoms with Gasteiger partial charge in [-0.15, -0.1) is 0 Å². The highest BCUT2D eigenvalue weighted by atomic mass is 19.3. The van der Waals surface area contributed by atoms with Crippen LogP contribution >= 0.6 is 0 Å². The van der Waals surface area contributed by atoms with E-state index in [1.807, 2.05) is 0 Å². The first-order valence-corrected chi connectivity index (χ1v) is 27.7. The Morgan fingerprint density at radius 2 is 0.793 bits per heavy atom. The molecule has 92 heavy (non-hydrogen) atoms. The minimum atomic E-state index is -4.01. The fourth-order valence-corrected chi connectivity index (χ4v) is 8.85. The molecule has 0 saturated carbocycles. The molecule has 3 saturated heterocycles. The van der Waals surface area contributed by atoms with E-state index in [9.17, 15) is 105 Å². The maximum atomic E-state index is 14.6. The van der Waals surface area contributed by atoms with Crippen LogP contribution in [0.4, 0.5) is 43.8 Å². The molecule has 3 aliphatic rings. The van der Waals surface area contributed by atoms with Crippen molar-refractivity contribution in [1.82, 2.24) is 49.9 Å². The topological polar surface area (TPSA) is 511 Å². The number of aliphatic hydroxyl groups excluding tert-OH is 6. The average molecular weight is 1330 g/mol. The number of aliphatic hydroxyl groups is 6. The minimum absolute atomic E-state index is 0.0721. The Morgan fingerprint density at radius 3 is 1.04 bits per heavy atom. The molecule has 36 nitrogen and oxygen atoms in total. The van der Waals surface area contributed by atoms with Crippen LogP contribution in [0.15, 0.2) is 51.2 Å². The molecule has 6 heterocycles. The van der Waals surface area contributed by atoms with Crippen molar-refractivity contribution in [2.45, 2.75) is 111 Å². The summed E-state index contributed by atoms with van der Waals surface area (Å²) in [5.74, 6) is -19.2. The van der Waals surface area contributed by atoms with Gasteiger partial charge in [0.2, 0.25) is 60.0 Å². The summed E-state index contributed by atoms with van der Waals surface area (Å²) in [5, 5.41) is 73.2. The van der Waals surface area contributed by atoms with Crippen LogP contribution in [0, 0.1) is 0 Å².